The van der Waals surface area contributed by atoms with Crippen molar-refractivity contribution in [2.24, 2.45) is 0 Å². The summed E-state index contributed by atoms with van der Waals surface area (Å²) in [6.07, 6.45) is 1.55. The lowest BCUT2D eigenvalue weighted by atomic mass is 10.2. The maximum Gasteiger partial charge on any atom is 0.146 e. The molecule has 0 unspecified atom stereocenters. The first-order valence-corrected chi connectivity index (χ1v) is 6.09. The van der Waals surface area contributed by atoms with Gasteiger partial charge in [0.1, 0.15) is 11.9 Å². The van der Waals surface area contributed by atoms with Crippen molar-refractivity contribution in [3.63, 3.8) is 0 Å². The van der Waals surface area contributed by atoms with Gasteiger partial charge in [0, 0.05) is 18.6 Å². The molecule has 0 amide bonds. The van der Waals surface area contributed by atoms with E-state index in [1.165, 1.54) is 0 Å². The number of hydrogen-bond donors (Lipinski definition) is 1. The Balaban J connectivity index is 2.25. The predicted octanol–water partition coefficient (Wildman–Crippen LogP) is 2.83. The molecule has 96 valence electrons. The fraction of sp³-hybridized carbons (Fsp3) is 0.143. The average molecular weight is 273 g/mol. The lowest BCUT2D eigenvalue weighted by Crippen LogP contribution is -2.19. The Hall–Kier alpha value is -2.25. The van der Waals surface area contributed by atoms with Crippen molar-refractivity contribution in [2.45, 2.75) is 6.54 Å². The van der Waals surface area contributed by atoms with Crippen molar-refractivity contribution in [2.75, 3.05) is 17.7 Å². The normalized spacial score (nSPS) is 9.95. The number of nitrogens with zero attached hydrogens (tertiary/aromatic N) is 3. The second-order valence-electron chi connectivity index (χ2n) is 4.24. The van der Waals surface area contributed by atoms with Crippen LogP contribution >= 0.6 is 11.6 Å². The summed E-state index contributed by atoms with van der Waals surface area (Å²) in [5.74, 6) is 0.608. The molecule has 0 spiro atoms. The van der Waals surface area contributed by atoms with E-state index in [0.717, 1.165) is 5.56 Å². The minimum absolute atomic E-state index is 0.463. The van der Waals surface area contributed by atoms with E-state index in [2.05, 4.69) is 11.1 Å². The Morgan fingerprint density at radius 1 is 1.42 bits per heavy atom. The number of anilines is 2. The second-order valence-corrected chi connectivity index (χ2v) is 4.67. The van der Waals surface area contributed by atoms with Crippen molar-refractivity contribution in [3.8, 4) is 6.07 Å². The summed E-state index contributed by atoms with van der Waals surface area (Å²) in [6.45, 7) is 0.617. The third-order valence-corrected chi connectivity index (χ3v) is 2.91. The fourth-order valence-electron chi connectivity index (χ4n) is 1.84. The maximum absolute atomic E-state index is 9.11. The van der Waals surface area contributed by atoms with Crippen molar-refractivity contribution >= 4 is 23.1 Å². The molecule has 0 saturated carbocycles. The van der Waals surface area contributed by atoms with Gasteiger partial charge in [0.2, 0.25) is 0 Å². The molecule has 4 nitrogen and oxygen atoms in total. The molecular formula is C14H13ClN4. The first kappa shape index (κ1) is 13.2. The van der Waals surface area contributed by atoms with Crippen LogP contribution in [-0.4, -0.2) is 12.0 Å². The molecule has 0 saturated heterocycles. The van der Waals surface area contributed by atoms with Crippen LogP contribution in [0.1, 0.15) is 11.1 Å². The van der Waals surface area contributed by atoms with Crippen molar-refractivity contribution in [3.05, 3.63) is 52.7 Å². The van der Waals surface area contributed by atoms with E-state index >= 15 is 0 Å². The van der Waals surface area contributed by atoms with Crippen LogP contribution in [-0.2, 0) is 6.54 Å². The van der Waals surface area contributed by atoms with Crippen LogP contribution in [0.25, 0.3) is 0 Å². The minimum atomic E-state index is 0.463. The molecule has 0 bridgehead atoms. The number of benzene rings is 1. The van der Waals surface area contributed by atoms with Gasteiger partial charge in [-0.15, -0.1) is 0 Å². The van der Waals surface area contributed by atoms with Crippen molar-refractivity contribution in [1.29, 1.82) is 5.26 Å². The molecule has 0 fully saturated rings. The zero-order valence-electron chi connectivity index (χ0n) is 10.5. The Kier molecular flexibility index (Phi) is 3.88. The third-order valence-electron chi connectivity index (χ3n) is 2.68. The molecule has 0 aliphatic carbocycles. The van der Waals surface area contributed by atoms with Gasteiger partial charge < -0.3 is 10.6 Å². The highest BCUT2D eigenvalue weighted by Crippen LogP contribution is 2.20. The third kappa shape index (κ3) is 3.15. The lowest BCUT2D eigenvalue weighted by Gasteiger charge is -2.19. The molecule has 5 heteroatoms. The molecular weight excluding hydrogens is 260 g/mol. The summed E-state index contributed by atoms with van der Waals surface area (Å²) in [7, 11) is 1.88. The van der Waals surface area contributed by atoms with E-state index in [4.69, 9.17) is 22.6 Å². The predicted molar refractivity (Wildman–Crippen MR) is 76.9 cm³/mol. The van der Waals surface area contributed by atoms with Crippen LogP contribution in [0.3, 0.4) is 0 Å². The van der Waals surface area contributed by atoms with E-state index in [1.54, 1.807) is 12.3 Å². The summed E-state index contributed by atoms with van der Waals surface area (Å²) in [5.41, 5.74) is 7.62. The zero-order chi connectivity index (χ0) is 13.8. The standard InChI is InChI=1S/C14H13ClN4/c1-19(9-10-3-2-4-12(15)5-10)14-11(7-16)6-13(17)8-18-14/h2-6,8H,9,17H2,1H3. The number of rotatable bonds is 3. The molecule has 2 rings (SSSR count). The molecule has 1 aromatic heterocycles. The number of pyridine rings is 1. The minimum Gasteiger partial charge on any atom is -0.397 e. The summed E-state index contributed by atoms with van der Waals surface area (Å²) >= 11 is 5.95. The molecule has 0 aliphatic heterocycles. The molecule has 1 heterocycles. The Morgan fingerprint density at radius 2 is 2.21 bits per heavy atom. The smallest absolute Gasteiger partial charge is 0.146 e. The van der Waals surface area contributed by atoms with Gasteiger partial charge in [-0.1, -0.05) is 23.7 Å². The SMILES string of the molecule is CN(Cc1cccc(Cl)c1)c1ncc(N)cc1C#N. The van der Waals surface area contributed by atoms with Gasteiger partial charge in [0.25, 0.3) is 0 Å². The second kappa shape index (κ2) is 5.59. The molecule has 1 aromatic carbocycles. The lowest BCUT2D eigenvalue weighted by molar-refractivity contribution is 0.895. The summed E-state index contributed by atoms with van der Waals surface area (Å²) in [4.78, 5) is 6.11. The summed E-state index contributed by atoms with van der Waals surface area (Å²) < 4.78 is 0. The van der Waals surface area contributed by atoms with Gasteiger partial charge in [-0.3, -0.25) is 0 Å². The quantitative estimate of drug-likeness (QED) is 0.933. The first-order valence-electron chi connectivity index (χ1n) is 5.71. The van der Waals surface area contributed by atoms with Crippen LogP contribution in [0.4, 0.5) is 11.5 Å². The van der Waals surface area contributed by atoms with E-state index in [1.807, 2.05) is 36.2 Å². The number of aromatic nitrogens is 1. The number of halogens is 1. The Morgan fingerprint density at radius 3 is 2.89 bits per heavy atom. The monoisotopic (exact) mass is 272 g/mol. The molecule has 0 aliphatic rings. The maximum atomic E-state index is 9.11. The van der Waals surface area contributed by atoms with E-state index < -0.39 is 0 Å². The number of nitrogen functional groups attached to an aromatic ring is 1. The number of nitriles is 1. The van der Waals surface area contributed by atoms with Gasteiger partial charge in [-0.05, 0) is 23.8 Å². The zero-order valence-corrected chi connectivity index (χ0v) is 11.2. The van der Waals surface area contributed by atoms with Crippen LogP contribution < -0.4 is 10.6 Å². The van der Waals surface area contributed by atoms with Crippen LogP contribution in [0, 0.1) is 11.3 Å². The van der Waals surface area contributed by atoms with Gasteiger partial charge in [0.15, 0.2) is 0 Å². The largest absolute Gasteiger partial charge is 0.397 e. The highest BCUT2D eigenvalue weighted by Gasteiger charge is 2.10. The van der Waals surface area contributed by atoms with Crippen molar-refractivity contribution in [1.82, 2.24) is 4.98 Å². The number of nitrogens with two attached hydrogens (primary N) is 1. The molecule has 2 N–H and O–H groups in total. The fourth-order valence-corrected chi connectivity index (χ4v) is 2.06. The van der Waals surface area contributed by atoms with Crippen molar-refractivity contribution < 1.29 is 0 Å². The van der Waals surface area contributed by atoms with Gasteiger partial charge >= 0.3 is 0 Å². The van der Waals surface area contributed by atoms with Gasteiger partial charge in [-0.2, -0.15) is 5.26 Å². The summed E-state index contributed by atoms with van der Waals surface area (Å²) in [5, 5.41) is 9.80. The molecule has 2 aromatic rings. The number of hydrogen-bond acceptors (Lipinski definition) is 4. The van der Waals surface area contributed by atoms with Gasteiger partial charge in [-0.25, -0.2) is 4.98 Å². The molecule has 19 heavy (non-hydrogen) atoms. The highest BCUT2D eigenvalue weighted by molar-refractivity contribution is 6.30. The van der Waals surface area contributed by atoms with E-state index in [-0.39, 0.29) is 0 Å². The van der Waals surface area contributed by atoms with Crippen LogP contribution in [0.5, 0.6) is 0 Å². The Bertz CT molecular complexity index is 634. The highest BCUT2D eigenvalue weighted by atomic mass is 35.5. The van der Waals surface area contributed by atoms with Crippen LogP contribution in [0.2, 0.25) is 5.02 Å². The molecule has 0 radical (unpaired) electrons. The first-order chi connectivity index (χ1) is 9.10. The summed E-state index contributed by atoms with van der Waals surface area (Å²) in [6, 6.07) is 11.3. The Labute approximate surface area is 117 Å². The average Bonchev–Trinajstić information content (AvgIpc) is 2.38. The van der Waals surface area contributed by atoms with Gasteiger partial charge in [0.05, 0.1) is 17.4 Å². The van der Waals surface area contributed by atoms with E-state index in [9.17, 15) is 0 Å². The van der Waals surface area contributed by atoms with E-state index in [0.29, 0.717) is 28.6 Å². The topological polar surface area (TPSA) is 65.9 Å². The molecule has 0 atom stereocenters. The van der Waals surface area contributed by atoms with Crippen LogP contribution in [0.15, 0.2) is 36.5 Å².